The van der Waals surface area contributed by atoms with Crippen LogP contribution in [0, 0.1) is 5.92 Å². The zero-order valence-corrected chi connectivity index (χ0v) is 9.93. The van der Waals surface area contributed by atoms with Gasteiger partial charge in [-0.15, -0.1) is 0 Å². The first-order valence-electron chi connectivity index (χ1n) is 5.92. The number of anilines is 1. The van der Waals surface area contributed by atoms with Gasteiger partial charge in [0.1, 0.15) is 6.54 Å². The van der Waals surface area contributed by atoms with Gasteiger partial charge in [-0.25, -0.2) is 4.79 Å². The zero-order valence-electron chi connectivity index (χ0n) is 9.93. The molecule has 0 saturated heterocycles. The maximum absolute atomic E-state index is 11.5. The number of urea groups is 1. The van der Waals surface area contributed by atoms with Gasteiger partial charge in [-0.2, -0.15) is 5.10 Å². The minimum atomic E-state index is -0.974. The molecule has 1 aliphatic rings. The lowest BCUT2D eigenvalue weighted by atomic mass is 10.3. The number of aliphatic carboxylic acids is 1. The van der Waals surface area contributed by atoms with Crippen LogP contribution in [0.5, 0.6) is 0 Å². The van der Waals surface area contributed by atoms with E-state index in [1.165, 1.54) is 29.9 Å². The highest BCUT2D eigenvalue weighted by atomic mass is 16.4. The molecular weight excluding hydrogens is 236 g/mol. The predicted molar refractivity (Wildman–Crippen MR) is 64.2 cm³/mol. The third kappa shape index (κ3) is 4.08. The van der Waals surface area contributed by atoms with E-state index in [4.69, 9.17) is 5.11 Å². The van der Waals surface area contributed by atoms with Gasteiger partial charge in [0.2, 0.25) is 0 Å². The highest BCUT2D eigenvalue weighted by molar-refractivity contribution is 5.88. The number of nitrogens with zero attached hydrogens (tertiary/aromatic N) is 2. The molecule has 1 aromatic rings. The van der Waals surface area contributed by atoms with E-state index < -0.39 is 5.97 Å². The van der Waals surface area contributed by atoms with E-state index >= 15 is 0 Å². The fraction of sp³-hybridized carbons (Fsp3) is 0.545. The molecule has 0 spiro atoms. The second-order valence-electron chi connectivity index (χ2n) is 4.43. The molecule has 7 heteroatoms. The highest BCUT2D eigenvalue weighted by Crippen LogP contribution is 2.31. The summed E-state index contributed by atoms with van der Waals surface area (Å²) in [6.07, 6.45) is 6.46. The fourth-order valence-electron chi connectivity index (χ4n) is 1.62. The van der Waals surface area contributed by atoms with E-state index in [1.54, 1.807) is 0 Å². The average Bonchev–Trinajstić information content (AvgIpc) is 3.00. The van der Waals surface area contributed by atoms with Crippen molar-refractivity contribution in [1.29, 1.82) is 0 Å². The molecule has 18 heavy (non-hydrogen) atoms. The van der Waals surface area contributed by atoms with Crippen LogP contribution in [0.4, 0.5) is 10.5 Å². The molecular formula is C11H16N4O3. The summed E-state index contributed by atoms with van der Waals surface area (Å²) in [5, 5.41) is 17.7. The number of amides is 2. The van der Waals surface area contributed by atoms with Gasteiger partial charge < -0.3 is 15.7 Å². The lowest BCUT2D eigenvalue weighted by molar-refractivity contribution is -0.137. The van der Waals surface area contributed by atoms with Gasteiger partial charge in [0.05, 0.1) is 11.9 Å². The summed E-state index contributed by atoms with van der Waals surface area (Å²) >= 11 is 0. The van der Waals surface area contributed by atoms with Crippen molar-refractivity contribution in [3.05, 3.63) is 12.4 Å². The molecule has 1 heterocycles. The largest absolute Gasteiger partial charge is 0.480 e. The van der Waals surface area contributed by atoms with Crippen molar-refractivity contribution in [1.82, 2.24) is 15.1 Å². The molecule has 2 rings (SSSR count). The van der Waals surface area contributed by atoms with Crippen molar-refractivity contribution in [2.24, 2.45) is 5.92 Å². The van der Waals surface area contributed by atoms with Crippen LogP contribution in [-0.4, -0.2) is 33.4 Å². The van der Waals surface area contributed by atoms with Crippen LogP contribution in [0.2, 0.25) is 0 Å². The van der Waals surface area contributed by atoms with Gasteiger partial charge in [0.15, 0.2) is 0 Å². The normalized spacial score (nSPS) is 14.2. The second-order valence-corrected chi connectivity index (χ2v) is 4.43. The van der Waals surface area contributed by atoms with Crippen LogP contribution in [0.25, 0.3) is 0 Å². The highest BCUT2D eigenvalue weighted by Gasteiger charge is 2.20. The molecule has 1 aliphatic carbocycles. The number of nitrogens with one attached hydrogen (secondary N) is 2. The van der Waals surface area contributed by atoms with E-state index in [9.17, 15) is 9.59 Å². The summed E-state index contributed by atoms with van der Waals surface area (Å²) in [4.78, 5) is 21.9. The van der Waals surface area contributed by atoms with Crippen molar-refractivity contribution in [3.8, 4) is 0 Å². The molecule has 7 nitrogen and oxygen atoms in total. The van der Waals surface area contributed by atoms with Crippen LogP contribution >= 0.6 is 0 Å². The molecule has 1 saturated carbocycles. The maximum atomic E-state index is 11.5. The van der Waals surface area contributed by atoms with E-state index in [-0.39, 0.29) is 12.6 Å². The summed E-state index contributed by atoms with van der Waals surface area (Å²) in [6, 6.07) is -0.287. The molecule has 0 radical (unpaired) electrons. The summed E-state index contributed by atoms with van der Waals surface area (Å²) in [6.45, 7) is 0.449. The minimum absolute atomic E-state index is 0.217. The summed E-state index contributed by atoms with van der Waals surface area (Å²) < 4.78 is 1.25. The van der Waals surface area contributed by atoms with Gasteiger partial charge in [-0.1, -0.05) is 12.8 Å². The molecule has 3 N–H and O–H groups in total. The number of rotatable bonds is 6. The molecule has 1 aromatic heterocycles. The average molecular weight is 252 g/mol. The van der Waals surface area contributed by atoms with E-state index in [0.717, 1.165) is 12.3 Å². The van der Waals surface area contributed by atoms with E-state index in [0.29, 0.717) is 12.2 Å². The van der Waals surface area contributed by atoms with Gasteiger partial charge in [-0.05, 0) is 12.3 Å². The number of aromatic nitrogens is 2. The Labute approximate surface area is 104 Å². The van der Waals surface area contributed by atoms with Crippen LogP contribution in [0.3, 0.4) is 0 Å². The lowest BCUT2D eigenvalue weighted by Gasteiger charge is -2.04. The fourth-order valence-corrected chi connectivity index (χ4v) is 1.62. The van der Waals surface area contributed by atoms with Crippen molar-refractivity contribution >= 4 is 17.7 Å². The van der Waals surface area contributed by atoms with Gasteiger partial charge in [0, 0.05) is 12.7 Å². The number of hydrogen-bond acceptors (Lipinski definition) is 3. The Morgan fingerprint density at radius 2 is 2.28 bits per heavy atom. The van der Waals surface area contributed by atoms with Gasteiger partial charge in [-0.3, -0.25) is 9.48 Å². The Morgan fingerprint density at radius 3 is 2.94 bits per heavy atom. The molecule has 0 unspecified atom stereocenters. The Hall–Kier alpha value is -2.05. The molecule has 0 atom stereocenters. The number of carbonyl (C=O) groups is 2. The first-order valence-corrected chi connectivity index (χ1v) is 5.92. The number of carboxylic acid groups (broad SMARTS) is 1. The molecule has 0 aromatic carbocycles. The smallest absolute Gasteiger partial charge is 0.325 e. The zero-order chi connectivity index (χ0) is 13.0. The Bertz CT molecular complexity index is 439. The van der Waals surface area contributed by atoms with Crippen LogP contribution < -0.4 is 10.6 Å². The number of carboxylic acids is 1. The topological polar surface area (TPSA) is 96.2 Å². The Morgan fingerprint density at radius 1 is 1.50 bits per heavy atom. The lowest BCUT2D eigenvalue weighted by Crippen LogP contribution is -2.29. The first-order chi connectivity index (χ1) is 8.63. The summed E-state index contributed by atoms with van der Waals surface area (Å²) in [5.41, 5.74) is 0.486. The second kappa shape index (κ2) is 5.52. The Balaban J connectivity index is 1.71. The standard InChI is InChI=1S/C11H16N4O3/c16-10(17)7-15-6-9(5-13-15)14-11(18)12-4-3-8-1-2-8/h5-6,8H,1-4,7H2,(H,16,17)(H2,12,14,18). The Kier molecular flexibility index (Phi) is 3.81. The quantitative estimate of drug-likeness (QED) is 0.700. The van der Waals surface area contributed by atoms with Crippen LogP contribution in [0.1, 0.15) is 19.3 Å². The van der Waals surface area contributed by atoms with Crippen molar-refractivity contribution < 1.29 is 14.7 Å². The number of carbonyl (C=O) groups excluding carboxylic acids is 1. The minimum Gasteiger partial charge on any atom is -0.480 e. The monoisotopic (exact) mass is 252 g/mol. The first kappa shape index (κ1) is 12.4. The molecule has 1 fully saturated rings. The summed E-state index contributed by atoms with van der Waals surface area (Å²) in [7, 11) is 0. The predicted octanol–water partition coefficient (Wildman–Crippen LogP) is 0.889. The van der Waals surface area contributed by atoms with Crippen LogP contribution in [0.15, 0.2) is 12.4 Å². The molecule has 2 amide bonds. The molecule has 0 bridgehead atoms. The van der Waals surface area contributed by atoms with Crippen molar-refractivity contribution in [2.75, 3.05) is 11.9 Å². The van der Waals surface area contributed by atoms with Crippen molar-refractivity contribution in [2.45, 2.75) is 25.8 Å². The van der Waals surface area contributed by atoms with Crippen molar-refractivity contribution in [3.63, 3.8) is 0 Å². The molecule has 98 valence electrons. The SMILES string of the molecule is O=C(O)Cn1cc(NC(=O)NCCC2CC2)cn1. The van der Waals surface area contributed by atoms with Gasteiger partial charge >= 0.3 is 12.0 Å². The summed E-state index contributed by atoms with van der Waals surface area (Å²) in [5.74, 6) is -0.192. The van der Waals surface area contributed by atoms with E-state index in [1.807, 2.05) is 0 Å². The third-order valence-electron chi connectivity index (χ3n) is 2.72. The van der Waals surface area contributed by atoms with E-state index in [2.05, 4.69) is 15.7 Å². The van der Waals surface area contributed by atoms with Crippen LogP contribution in [-0.2, 0) is 11.3 Å². The maximum Gasteiger partial charge on any atom is 0.325 e. The third-order valence-corrected chi connectivity index (χ3v) is 2.72. The van der Waals surface area contributed by atoms with Gasteiger partial charge in [0.25, 0.3) is 0 Å². The number of hydrogen-bond donors (Lipinski definition) is 3. The molecule has 0 aliphatic heterocycles.